The molecule has 36 heavy (non-hydrogen) atoms. The molecule has 200 valence electrons. The lowest BCUT2D eigenvalue weighted by molar-refractivity contribution is -0.176. The summed E-state index contributed by atoms with van der Waals surface area (Å²) in [7, 11) is 0. The first-order valence-corrected chi connectivity index (χ1v) is 13.5. The lowest BCUT2D eigenvalue weighted by atomic mass is 9.39. The van der Waals surface area contributed by atoms with Crippen LogP contribution in [0.2, 0.25) is 0 Å². The van der Waals surface area contributed by atoms with Crippen molar-refractivity contribution >= 4 is 17.3 Å². The van der Waals surface area contributed by atoms with Gasteiger partial charge in [-0.2, -0.15) is 0 Å². The van der Waals surface area contributed by atoms with Crippen LogP contribution in [0.4, 0.5) is 0 Å². The average molecular weight is 499 g/mol. The number of hydrogen-bond donors (Lipinski definition) is 1. The standard InChI is InChI=1S/C31H46O5/c1-11-20(6)24(32)31-25(33)22(15-13-19(4)5)26-30(27(31)34,17-23(36-26)29(9,10)35)16-21(28(31,7)8)14-12-18(2)3/h12-13,20-21,23,35H,11,14-17H2,1-10H3/t20-,21-,23-,30-,31-/m0/s1. The second-order valence-corrected chi connectivity index (χ2v) is 13.1. The summed E-state index contributed by atoms with van der Waals surface area (Å²) in [5.41, 5.74) is -2.26. The number of carbonyl (C=O) groups is 3. The number of aliphatic hydroxyl groups is 1. The van der Waals surface area contributed by atoms with Crippen molar-refractivity contribution in [2.45, 2.75) is 113 Å². The van der Waals surface area contributed by atoms with E-state index in [4.69, 9.17) is 4.74 Å². The van der Waals surface area contributed by atoms with Crippen LogP contribution in [0.25, 0.3) is 0 Å². The van der Waals surface area contributed by atoms with Gasteiger partial charge in [-0.05, 0) is 78.6 Å². The molecule has 5 atom stereocenters. The fraction of sp³-hybridized carbons (Fsp3) is 0.710. The average Bonchev–Trinajstić information content (AvgIpc) is 3.15. The highest BCUT2D eigenvalue weighted by Gasteiger charge is 2.77. The number of carbonyl (C=O) groups excluding carboxylic acids is 3. The molecule has 2 bridgehead atoms. The maximum atomic E-state index is 14.8. The molecular formula is C31H46O5. The minimum Gasteiger partial charge on any atom is -0.490 e. The van der Waals surface area contributed by atoms with Gasteiger partial charge in [0.25, 0.3) is 0 Å². The van der Waals surface area contributed by atoms with Gasteiger partial charge in [0.2, 0.25) is 0 Å². The molecule has 5 heteroatoms. The van der Waals surface area contributed by atoms with E-state index in [0.717, 1.165) is 11.1 Å². The molecule has 5 nitrogen and oxygen atoms in total. The first-order chi connectivity index (χ1) is 16.5. The number of ketones is 3. The van der Waals surface area contributed by atoms with Gasteiger partial charge in [0, 0.05) is 17.9 Å². The number of rotatable bonds is 8. The second-order valence-electron chi connectivity index (χ2n) is 13.1. The predicted molar refractivity (Wildman–Crippen MR) is 142 cm³/mol. The number of hydrogen-bond acceptors (Lipinski definition) is 5. The zero-order valence-corrected chi connectivity index (χ0v) is 24.0. The summed E-state index contributed by atoms with van der Waals surface area (Å²) in [6.07, 6.45) is 5.83. The Kier molecular flexibility index (Phi) is 7.44. The quantitative estimate of drug-likeness (QED) is 0.314. The third-order valence-corrected chi connectivity index (χ3v) is 9.22. The minimum atomic E-state index is -1.76. The fourth-order valence-corrected chi connectivity index (χ4v) is 6.63. The monoisotopic (exact) mass is 498 g/mol. The number of Topliss-reactive ketones (excluding diaryl/α,β-unsaturated/α-hetero) is 3. The molecule has 2 aliphatic carbocycles. The van der Waals surface area contributed by atoms with E-state index in [-0.39, 0.29) is 29.7 Å². The molecule has 1 N–H and O–H groups in total. The van der Waals surface area contributed by atoms with Crippen molar-refractivity contribution in [1.29, 1.82) is 0 Å². The predicted octanol–water partition coefficient (Wildman–Crippen LogP) is 6.30. The van der Waals surface area contributed by atoms with E-state index < -0.39 is 33.9 Å². The van der Waals surface area contributed by atoms with Crippen molar-refractivity contribution in [2.24, 2.45) is 28.1 Å². The Balaban J connectivity index is 2.41. The van der Waals surface area contributed by atoms with Crippen molar-refractivity contribution in [1.82, 2.24) is 0 Å². The zero-order chi connectivity index (χ0) is 27.4. The van der Waals surface area contributed by atoms with Crippen molar-refractivity contribution in [3.63, 3.8) is 0 Å². The van der Waals surface area contributed by atoms with Gasteiger partial charge in [0.15, 0.2) is 22.8 Å². The normalized spacial score (nSPS) is 32.0. The Labute approximate surface area is 217 Å². The molecule has 1 saturated carbocycles. The van der Waals surface area contributed by atoms with Gasteiger partial charge in [0.1, 0.15) is 11.9 Å². The molecule has 0 radical (unpaired) electrons. The molecule has 1 aliphatic heterocycles. The molecular weight excluding hydrogens is 452 g/mol. The lowest BCUT2D eigenvalue weighted by Gasteiger charge is -2.59. The van der Waals surface area contributed by atoms with Crippen molar-refractivity contribution in [3.8, 4) is 0 Å². The fourth-order valence-electron chi connectivity index (χ4n) is 6.63. The molecule has 3 rings (SSSR count). The summed E-state index contributed by atoms with van der Waals surface area (Å²) in [5.74, 6) is -1.03. The van der Waals surface area contributed by atoms with Crippen LogP contribution in [0.1, 0.15) is 101 Å². The second kappa shape index (κ2) is 9.38. The van der Waals surface area contributed by atoms with Crippen LogP contribution in [0, 0.1) is 28.1 Å². The lowest BCUT2D eigenvalue weighted by Crippen LogP contribution is -2.70. The highest BCUT2D eigenvalue weighted by Crippen LogP contribution is 2.68. The Bertz CT molecular complexity index is 1040. The molecule has 1 saturated heterocycles. The first kappa shape index (κ1) is 28.6. The van der Waals surface area contributed by atoms with Crippen LogP contribution < -0.4 is 0 Å². The highest BCUT2D eigenvalue weighted by molar-refractivity contribution is 6.33. The smallest absolute Gasteiger partial charge is 0.184 e. The molecule has 0 aromatic heterocycles. The Morgan fingerprint density at radius 2 is 1.69 bits per heavy atom. The summed E-state index contributed by atoms with van der Waals surface area (Å²) in [6, 6.07) is 0. The first-order valence-electron chi connectivity index (χ1n) is 13.5. The third kappa shape index (κ3) is 4.06. The van der Waals surface area contributed by atoms with Crippen molar-refractivity contribution in [2.75, 3.05) is 0 Å². The summed E-state index contributed by atoms with van der Waals surface area (Å²) < 4.78 is 6.38. The summed E-state index contributed by atoms with van der Waals surface area (Å²) in [4.78, 5) is 43.8. The molecule has 0 aromatic carbocycles. The van der Waals surface area contributed by atoms with Gasteiger partial charge in [-0.15, -0.1) is 0 Å². The molecule has 0 unspecified atom stereocenters. The Morgan fingerprint density at radius 1 is 1.11 bits per heavy atom. The van der Waals surface area contributed by atoms with E-state index in [2.05, 4.69) is 6.08 Å². The highest BCUT2D eigenvalue weighted by atomic mass is 16.5. The zero-order valence-electron chi connectivity index (χ0n) is 24.0. The van der Waals surface area contributed by atoms with Crippen LogP contribution in [0.15, 0.2) is 34.6 Å². The molecule has 0 amide bonds. The summed E-state index contributed by atoms with van der Waals surface area (Å²) in [6.45, 7) is 19.0. The van der Waals surface area contributed by atoms with Crippen LogP contribution in [0.3, 0.4) is 0 Å². The van der Waals surface area contributed by atoms with E-state index in [0.29, 0.717) is 37.0 Å². The number of fused-ring (bicyclic) bond motifs is 1. The van der Waals surface area contributed by atoms with Gasteiger partial charge in [-0.3, -0.25) is 14.4 Å². The Morgan fingerprint density at radius 3 is 2.19 bits per heavy atom. The van der Waals surface area contributed by atoms with Gasteiger partial charge in [-0.25, -0.2) is 0 Å². The molecule has 0 aromatic rings. The third-order valence-electron chi connectivity index (χ3n) is 9.22. The van der Waals surface area contributed by atoms with E-state index in [9.17, 15) is 19.5 Å². The topological polar surface area (TPSA) is 80.7 Å². The van der Waals surface area contributed by atoms with Gasteiger partial charge in [0.05, 0.1) is 11.0 Å². The van der Waals surface area contributed by atoms with E-state index in [1.165, 1.54) is 0 Å². The van der Waals surface area contributed by atoms with E-state index in [1.807, 2.05) is 61.5 Å². The van der Waals surface area contributed by atoms with E-state index >= 15 is 0 Å². The number of allylic oxidation sites excluding steroid dienone is 6. The number of ether oxygens (including phenoxy) is 1. The maximum absolute atomic E-state index is 14.8. The van der Waals surface area contributed by atoms with E-state index in [1.54, 1.807) is 13.8 Å². The SMILES string of the molecule is CC[C@H](C)C(=O)[C@@]12C(=O)C(CC=C(C)C)=C3O[C@H](C(C)(C)O)C[C@]3(C[C@H](CC=C(C)C)C1(C)C)C2=O. The van der Waals surface area contributed by atoms with Crippen molar-refractivity contribution in [3.05, 3.63) is 34.6 Å². The summed E-state index contributed by atoms with van der Waals surface area (Å²) in [5, 5.41) is 10.9. The molecule has 2 fully saturated rings. The molecule has 1 spiro atoms. The van der Waals surface area contributed by atoms with Crippen LogP contribution in [0.5, 0.6) is 0 Å². The largest absolute Gasteiger partial charge is 0.490 e. The van der Waals surface area contributed by atoms with Gasteiger partial charge in [-0.1, -0.05) is 51.0 Å². The molecule has 3 aliphatic rings. The van der Waals surface area contributed by atoms with Crippen molar-refractivity contribution < 1.29 is 24.2 Å². The van der Waals surface area contributed by atoms with Crippen LogP contribution in [-0.4, -0.2) is 34.2 Å². The van der Waals surface area contributed by atoms with Crippen LogP contribution in [-0.2, 0) is 19.1 Å². The van der Waals surface area contributed by atoms with Crippen LogP contribution >= 0.6 is 0 Å². The Hall–Kier alpha value is -2.01. The minimum absolute atomic E-state index is 0.0776. The molecule has 1 heterocycles. The maximum Gasteiger partial charge on any atom is 0.184 e. The van der Waals surface area contributed by atoms with Gasteiger partial charge < -0.3 is 9.84 Å². The summed E-state index contributed by atoms with van der Waals surface area (Å²) >= 11 is 0. The van der Waals surface area contributed by atoms with Gasteiger partial charge >= 0.3 is 0 Å².